The van der Waals surface area contributed by atoms with Gasteiger partial charge >= 0.3 is 5.97 Å². The van der Waals surface area contributed by atoms with Gasteiger partial charge in [-0.2, -0.15) is 0 Å². The Labute approximate surface area is 145 Å². The zero-order valence-electron chi connectivity index (χ0n) is 14.7. The minimum atomic E-state index is -0.386. The molecule has 6 nitrogen and oxygen atoms in total. The van der Waals surface area contributed by atoms with Gasteiger partial charge in [0.15, 0.2) is 11.5 Å². The standard InChI is InChI=1S/C19H21NO5/c1-10(2)24-14-6-5-12(8-15(14)23-4)13-9-17(21)25-16-7-11(3)20-19(22)18(13)16/h5-8,10,13H,9H2,1-4H3,(H,20,22)/t13-/m0/s1. The first-order chi connectivity index (χ1) is 11.9. The number of carbonyl (C=O) groups excluding carboxylic acids is 1. The maximum absolute atomic E-state index is 12.4. The molecule has 1 aromatic heterocycles. The second-order valence-corrected chi connectivity index (χ2v) is 6.37. The number of ether oxygens (including phenoxy) is 3. The summed E-state index contributed by atoms with van der Waals surface area (Å²) in [5.41, 5.74) is 1.68. The van der Waals surface area contributed by atoms with E-state index in [-0.39, 0.29) is 30.0 Å². The minimum absolute atomic E-state index is 0.0101. The van der Waals surface area contributed by atoms with Gasteiger partial charge in [-0.1, -0.05) is 6.07 Å². The highest BCUT2D eigenvalue weighted by molar-refractivity contribution is 5.77. The Bertz CT molecular complexity index is 869. The van der Waals surface area contributed by atoms with Crippen LogP contribution in [0.4, 0.5) is 0 Å². The lowest BCUT2D eigenvalue weighted by Gasteiger charge is -2.25. The number of H-pyrrole nitrogens is 1. The van der Waals surface area contributed by atoms with E-state index in [2.05, 4.69) is 4.98 Å². The molecule has 25 heavy (non-hydrogen) atoms. The molecule has 0 amide bonds. The largest absolute Gasteiger partial charge is 0.493 e. The fourth-order valence-corrected chi connectivity index (χ4v) is 3.05. The summed E-state index contributed by atoms with van der Waals surface area (Å²) in [6, 6.07) is 7.14. The van der Waals surface area contributed by atoms with Crippen LogP contribution in [0.25, 0.3) is 0 Å². The number of esters is 1. The number of carbonyl (C=O) groups is 1. The van der Waals surface area contributed by atoms with Crippen molar-refractivity contribution in [2.45, 2.75) is 39.2 Å². The molecule has 6 heteroatoms. The van der Waals surface area contributed by atoms with Gasteiger partial charge in [-0.3, -0.25) is 9.59 Å². The summed E-state index contributed by atoms with van der Waals surface area (Å²) in [7, 11) is 1.56. The summed E-state index contributed by atoms with van der Waals surface area (Å²) in [5, 5.41) is 0. The van der Waals surface area contributed by atoms with Crippen molar-refractivity contribution in [1.29, 1.82) is 0 Å². The van der Waals surface area contributed by atoms with E-state index in [1.165, 1.54) is 0 Å². The fraction of sp³-hybridized carbons (Fsp3) is 0.368. The van der Waals surface area contributed by atoms with Crippen LogP contribution in [0.1, 0.15) is 43.0 Å². The summed E-state index contributed by atoms with van der Waals surface area (Å²) < 4.78 is 16.4. The first-order valence-corrected chi connectivity index (χ1v) is 8.18. The number of fused-ring (bicyclic) bond motifs is 1. The Balaban J connectivity index is 2.08. The molecule has 2 aromatic rings. The van der Waals surface area contributed by atoms with Crippen LogP contribution in [-0.2, 0) is 4.79 Å². The van der Waals surface area contributed by atoms with Gasteiger partial charge in [-0.25, -0.2) is 0 Å². The lowest BCUT2D eigenvalue weighted by molar-refractivity contribution is -0.135. The average molecular weight is 343 g/mol. The fourth-order valence-electron chi connectivity index (χ4n) is 3.05. The van der Waals surface area contributed by atoms with Gasteiger partial charge in [-0.15, -0.1) is 0 Å². The van der Waals surface area contributed by atoms with E-state index in [0.717, 1.165) is 5.56 Å². The molecule has 0 saturated carbocycles. The molecule has 0 bridgehead atoms. The smallest absolute Gasteiger partial charge is 0.312 e. The number of pyridine rings is 1. The third-order valence-corrected chi connectivity index (χ3v) is 4.06. The average Bonchev–Trinajstić information content (AvgIpc) is 2.53. The van der Waals surface area contributed by atoms with Crippen LogP contribution in [0, 0.1) is 6.92 Å². The van der Waals surface area contributed by atoms with Crippen molar-refractivity contribution in [1.82, 2.24) is 4.98 Å². The summed E-state index contributed by atoms with van der Waals surface area (Å²) in [6.45, 7) is 5.62. The predicted octanol–water partition coefficient (Wildman–Crippen LogP) is 2.92. The van der Waals surface area contributed by atoms with Gasteiger partial charge in [0.05, 0.1) is 25.2 Å². The number of nitrogens with one attached hydrogen (secondary N) is 1. The summed E-state index contributed by atoms with van der Waals surface area (Å²) in [5.74, 6) is 0.767. The number of benzene rings is 1. The van der Waals surface area contributed by atoms with E-state index < -0.39 is 0 Å². The third kappa shape index (κ3) is 3.38. The third-order valence-electron chi connectivity index (χ3n) is 4.06. The van der Waals surface area contributed by atoms with Gasteiger partial charge in [0.2, 0.25) is 0 Å². The lowest BCUT2D eigenvalue weighted by atomic mass is 9.87. The molecule has 1 atom stereocenters. The van der Waals surface area contributed by atoms with Crippen molar-refractivity contribution >= 4 is 5.97 Å². The molecule has 2 heterocycles. The molecule has 3 rings (SSSR count). The van der Waals surface area contributed by atoms with Gasteiger partial charge in [0.25, 0.3) is 5.56 Å². The van der Waals surface area contributed by atoms with Crippen molar-refractivity contribution in [3.63, 3.8) is 0 Å². The van der Waals surface area contributed by atoms with E-state index in [1.807, 2.05) is 26.0 Å². The maximum atomic E-state index is 12.4. The summed E-state index contributed by atoms with van der Waals surface area (Å²) >= 11 is 0. The number of aromatic nitrogens is 1. The van der Waals surface area contributed by atoms with Crippen LogP contribution in [0.15, 0.2) is 29.1 Å². The van der Waals surface area contributed by atoms with Crippen LogP contribution < -0.4 is 19.8 Å². The van der Waals surface area contributed by atoms with Crippen LogP contribution in [0.5, 0.6) is 17.2 Å². The highest BCUT2D eigenvalue weighted by Crippen LogP contribution is 2.39. The van der Waals surface area contributed by atoms with Crippen LogP contribution in [0.2, 0.25) is 0 Å². The molecule has 132 valence electrons. The molecule has 0 aliphatic carbocycles. The molecule has 0 spiro atoms. The van der Waals surface area contributed by atoms with Crippen LogP contribution in [-0.4, -0.2) is 24.2 Å². The first kappa shape index (κ1) is 17.1. The summed E-state index contributed by atoms with van der Waals surface area (Å²) in [4.78, 5) is 27.2. The van der Waals surface area contributed by atoms with E-state index >= 15 is 0 Å². The highest BCUT2D eigenvalue weighted by atomic mass is 16.5. The van der Waals surface area contributed by atoms with Crippen LogP contribution >= 0.6 is 0 Å². The quantitative estimate of drug-likeness (QED) is 0.864. The zero-order chi connectivity index (χ0) is 18.1. The van der Waals surface area contributed by atoms with E-state index in [9.17, 15) is 9.59 Å². The monoisotopic (exact) mass is 343 g/mol. The molecule has 0 fully saturated rings. The Morgan fingerprint density at radius 1 is 1.20 bits per heavy atom. The van der Waals surface area contributed by atoms with Gasteiger partial charge in [-0.05, 0) is 38.5 Å². The van der Waals surface area contributed by atoms with Gasteiger partial charge in [0.1, 0.15) is 5.75 Å². The molecule has 0 unspecified atom stereocenters. The molecular formula is C19H21NO5. The molecule has 0 radical (unpaired) electrons. The highest BCUT2D eigenvalue weighted by Gasteiger charge is 2.32. The summed E-state index contributed by atoms with van der Waals surface area (Å²) in [6.07, 6.45) is 0.114. The van der Waals surface area contributed by atoms with Crippen molar-refractivity contribution in [3.05, 3.63) is 51.4 Å². The van der Waals surface area contributed by atoms with Crippen molar-refractivity contribution < 1.29 is 19.0 Å². The molecule has 1 aliphatic heterocycles. The van der Waals surface area contributed by atoms with Crippen LogP contribution in [0.3, 0.4) is 0 Å². The van der Waals surface area contributed by atoms with Crippen molar-refractivity contribution in [3.8, 4) is 17.2 Å². The normalized spacial score (nSPS) is 16.4. The molecule has 1 aliphatic rings. The topological polar surface area (TPSA) is 77.6 Å². The first-order valence-electron chi connectivity index (χ1n) is 8.18. The maximum Gasteiger partial charge on any atom is 0.312 e. The lowest BCUT2D eigenvalue weighted by Crippen LogP contribution is -2.28. The minimum Gasteiger partial charge on any atom is -0.493 e. The second kappa shape index (κ2) is 6.63. The van der Waals surface area contributed by atoms with E-state index in [0.29, 0.717) is 28.5 Å². The van der Waals surface area contributed by atoms with E-state index in [4.69, 9.17) is 14.2 Å². The number of methoxy groups -OCH3 is 1. The molecule has 1 aromatic carbocycles. The van der Waals surface area contributed by atoms with Gasteiger partial charge in [0, 0.05) is 17.7 Å². The Kier molecular flexibility index (Phi) is 4.53. The van der Waals surface area contributed by atoms with E-state index in [1.54, 1.807) is 26.2 Å². The second-order valence-electron chi connectivity index (χ2n) is 6.37. The molecule has 0 saturated heterocycles. The predicted molar refractivity (Wildman–Crippen MR) is 92.7 cm³/mol. The Morgan fingerprint density at radius 3 is 2.64 bits per heavy atom. The zero-order valence-corrected chi connectivity index (χ0v) is 14.7. The number of hydrogen-bond acceptors (Lipinski definition) is 5. The Morgan fingerprint density at radius 2 is 1.96 bits per heavy atom. The number of hydrogen-bond donors (Lipinski definition) is 1. The molecule has 1 N–H and O–H groups in total. The molecular weight excluding hydrogens is 322 g/mol. The van der Waals surface area contributed by atoms with Crippen molar-refractivity contribution in [2.75, 3.05) is 7.11 Å². The number of aromatic amines is 1. The SMILES string of the molecule is COc1cc([C@@H]2CC(=O)Oc3cc(C)[nH]c(=O)c32)ccc1OC(C)C. The number of rotatable bonds is 4. The Hall–Kier alpha value is -2.76. The van der Waals surface area contributed by atoms with Gasteiger partial charge < -0.3 is 19.2 Å². The van der Waals surface area contributed by atoms with Crippen molar-refractivity contribution in [2.24, 2.45) is 0 Å². The number of aryl methyl sites for hydroxylation is 1.